The lowest BCUT2D eigenvalue weighted by Crippen LogP contribution is -2.40. The molecule has 1 fully saturated rings. The van der Waals surface area contributed by atoms with E-state index in [-0.39, 0.29) is 23.6 Å². The van der Waals surface area contributed by atoms with E-state index < -0.39 is 0 Å². The van der Waals surface area contributed by atoms with Gasteiger partial charge in [0.2, 0.25) is 0 Å². The van der Waals surface area contributed by atoms with Gasteiger partial charge in [0.05, 0.1) is 22.0 Å². The third-order valence-corrected chi connectivity index (χ3v) is 7.13. The van der Waals surface area contributed by atoms with Crippen LogP contribution >= 0.6 is 11.3 Å². The minimum absolute atomic E-state index is 0.0209. The Labute approximate surface area is 173 Å². The van der Waals surface area contributed by atoms with Gasteiger partial charge in [-0.25, -0.2) is 9.67 Å². The maximum Gasteiger partial charge on any atom is 0.280 e. The summed E-state index contributed by atoms with van der Waals surface area (Å²) in [5, 5.41) is 8.35. The fourth-order valence-corrected chi connectivity index (χ4v) is 5.39. The van der Waals surface area contributed by atoms with Gasteiger partial charge in [-0.3, -0.25) is 9.59 Å². The lowest BCUT2D eigenvalue weighted by Gasteiger charge is -2.30. The number of aromatic nitrogens is 3. The highest BCUT2D eigenvalue weighted by Crippen LogP contribution is 2.29. The molecule has 1 saturated carbocycles. The van der Waals surface area contributed by atoms with Crippen LogP contribution in [0.2, 0.25) is 0 Å². The van der Waals surface area contributed by atoms with E-state index in [2.05, 4.69) is 10.3 Å². The van der Waals surface area contributed by atoms with Crippen molar-refractivity contribution in [2.24, 2.45) is 0 Å². The number of benzene rings is 1. The van der Waals surface area contributed by atoms with Gasteiger partial charge < -0.3 is 5.32 Å². The molecule has 6 nitrogen and oxygen atoms in total. The van der Waals surface area contributed by atoms with Gasteiger partial charge in [-0.15, -0.1) is 11.3 Å². The van der Waals surface area contributed by atoms with Crippen molar-refractivity contribution in [1.29, 1.82) is 0 Å². The van der Waals surface area contributed by atoms with Gasteiger partial charge in [-0.05, 0) is 69.1 Å². The summed E-state index contributed by atoms with van der Waals surface area (Å²) in [6.45, 7) is 0. The quantitative estimate of drug-likeness (QED) is 0.718. The fraction of sp³-hybridized carbons (Fsp3) is 0.455. The van der Waals surface area contributed by atoms with Crippen LogP contribution in [0.25, 0.3) is 10.2 Å². The van der Waals surface area contributed by atoms with Gasteiger partial charge in [0.1, 0.15) is 0 Å². The highest BCUT2D eigenvalue weighted by Gasteiger charge is 2.27. The molecule has 0 unspecified atom stereocenters. The summed E-state index contributed by atoms with van der Waals surface area (Å²) in [6.07, 6.45) is 7.68. The van der Waals surface area contributed by atoms with Gasteiger partial charge in [-0.1, -0.05) is 12.1 Å². The summed E-state index contributed by atoms with van der Waals surface area (Å²) >= 11 is 1.43. The largest absolute Gasteiger partial charge is 0.347 e. The zero-order valence-corrected chi connectivity index (χ0v) is 17.1. The lowest BCUT2D eigenvalue weighted by molar-refractivity contribution is 0.0921. The predicted octanol–water partition coefficient (Wildman–Crippen LogP) is 3.65. The number of rotatable bonds is 3. The van der Waals surface area contributed by atoms with Gasteiger partial charge in [-0.2, -0.15) is 5.10 Å². The highest BCUT2D eigenvalue weighted by molar-refractivity contribution is 7.20. The first kappa shape index (κ1) is 18.5. The van der Waals surface area contributed by atoms with E-state index in [1.54, 1.807) is 10.7 Å². The summed E-state index contributed by atoms with van der Waals surface area (Å²) in [6, 6.07) is 9.85. The number of para-hydroxylation sites is 1. The molecule has 2 aromatic heterocycles. The van der Waals surface area contributed by atoms with E-state index >= 15 is 0 Å². The molecule has 5 rings (SSSR count). The summed E-state index contributed by atoms with van der Waals surface area (Å²) in [4.78, 5) is 29.6. The predicted molar refractivity (Wildman–Crippen MR) is 114 cm³/mol. The number of fused-ring (bicyclic) bond motifs is 2. The molecular weight excluding hydrogens is 384 g/mol. The van der Waals surface area contributed by atoms with Crippen molar-refractivity contribution in [1.82, 2.24) is 20.1 Å². The maximum absolute atomic E-state index is 12.6. The van der Waals surface area contributed by atoms with E-state index in [4.69, 9.17) is 5.10 Å². The molecule has 0 atom stereocenters. The van der Waals surface area contributed by atoms with Crippen LogP contribution in [0.5, 0.6) is 0 Å². The monoisotopic (exact) mass is 408 g/mol. The molecule has 0 radical (unpaired) electrons. The van der Waals surface area contributed by atoms with E-state index in [1.165, 1.54) is 11.3 Å². The summed E-state index contributed by atoms with van der Waals surface area (Å²) < 4.78 is 2.73. The topological polar surface area (TPSA) is 76.9 Å². The van der Waals surface area contributed by atoms with Crippen molar-refractivity contribution < 1.29 is 4.79 Å². The van der Waals surface area contributed by atoms with Crippen molar-refractivity contribution in [3.8, 4) is 0 Å². The van der Waals surface area contributed by atoms with Crippen LogP contribution in [-0.4, -0.2) is 26.7 Å². The van der Waals surface area contributed by atoms with Crippen LogP contribution in [0.4, 0.5) is 0 Å². The third-order valence-electron chi connectivity index (χ3n) is 6.10. The van der Waals surface area contributed by atoms with Crippen molar-refractivity contribution in [3.63, 3.8) is 0 Å². The third kappa shape index (κ3) is 3.71. The van der Waals surface area contributed by atoms with Crippen molar-refractivity contribution in [3.05, 3.63) is 57.0 Å². The molecule has 29 heavy (non-hydrogen) atoms. The fourth-order valence-electron chi connectivity index (χ4n) is 4.52. The average Bonchev–Trinajstić information content (AvgIpc) is 3.18. The molecule has 2 aliphatic carbocycles. The number of hydrogen-bond acceptors (Lipinski definition) is 5. The first-order valence-electron chi connectivity index (χ1n) is 10.5. The molecular formula is C22H24N4O2S. The Morgan fingerprint density at radius 2 is 1.90 bits per heavy atom. The standard InChI is InChI=1S/C22H24N4O2S/c27-20-13-14-5-1-2-6-17(14)25-26(20)16-11-9-15(10-12-16)23-21(28)22-24-18-7-3-4-8-19(18)29-22/h3-4,7-8,13,15-16H,1-2,5-6,9-12H2,(H,23,28). The first-order valence-corrected chi connectivity index (χ1v) is 11.3. The molecule has 1 N–H and O–H groups in total. The zero-order valence-electron chi connectivity index (χ0n) is 16.3. The Bertz CT molecular complexity index is 1080. The number of carbonyl (C=O) groups is 1. The molecule has 1 aromatic carbocycles. The highest BCUT2D eigenvalue weighted by atomic mass is 32.1. The smallest absolute Gasteiger partial charge is 0.280 e. The van der Waals surface area contributed by atoms with Crippen molar-refractivity contribution in [2.75, 3.05) is 0 Å². The second kappa shape index (κ2) is 7.71. The van der Waals surface area contributed by atoms with Gasteiger partial charge in [0.15, 0.2) is 5.01 Å². The Kier molecular flexibility index (Phi) is 4.91. The number of hydrogen-bond donors (Lipinski definition) is 1. The van der Waals surface area contributed by atoms with E-state index in [0.717, 1.165) is 72.8 Å². The molecule has 150 valence electrons. The van der Waals surface area contributed by atoms with Gasteiger partial charge in [0.25, 0.3) is 11.5 Å². The molecule has 0 bridgehead atoms. The van der Waals surface area contributed by atoms with Crippen molar-refractivity contribution >= 4 is 27.5 Å². The first-order chi connectivity index (χ1) is 14.2. The van der Waals surface area contributed by atoms with E-state index in [0.29, 0.717) is 5.01 Å². The Morgan fingerprint density at radius 1 is 1.10 bits per heavy atom. The molecule has 1 amide bonds. The van der Waals surface area contributed by atoms with Crippen LogP contribution in [-0.2, 0) is 12.8 Å². The number of nitrogens with zero attached hydrogens (tertiary/aromatic N) is 3. The lowest BCUT2D eigenvalue weighted by atomic mass is 9.91. The molecule has 7 heteroatoms. The van der Waals surface area contributed by atoms with Crippen LogP contribution in [0.15, 0.2) is 35.1 Å². The Morgan fingerprint density at radius 3 is 2.72 bits per heavy atom. The molecule has 0 aliphatic heterocycles. The summed E-state index contributed by atoms with van der Waals surface area (Å²) in [7, 11) is 0. The second-order valence-electron chi connectivity index (χ2n) is 8.07. The SMILES string of the molecule is O=C(NC1CCC(n2nc3c(cc2=O)CCCC3)CC1)c1nc2ccccc2s1. The minimum Gasteiger partial charge on any atom is -0.347 e. The number of carbonyl (C=O) groups excluding carboxylic acids is 1. The minimum atomic E-state index is -0.0984. The zero-order chi connectivity index (χ0) is 19.8. The second-order valence-corrected chi connectivity index (χ2v) is 9.10. The molecule has 2 heterocycles. The van der Waals surface area contributed by atoms with Crippen LogP contribution < -0.4 is 10.9 Å². The van der Waals surface area contributed by atoms with Crippen molar-refractivity contribution in [2.45, 2.75) is 63.5 Å². The average molecular weight is 409 g/mol. The number of aryl methyl sites for hydroxylation is 2. The molecule has 0 spiro atoms. The number of amides is 1. The Balaban J connectivity index is 1.24. The molecule has 0 saturated heterocycles. The van der Waals surface area contributed by atoms with Gasteiger partial charge >= 0.3 is 0 Å². The number of nitrogens with one attached hydrogen (secondary N) is 1. The van der Waals surface area contributed by atoms with Crippen LogP contribution in [0, 0.1) is 0 Å². The maximum atomic E-state index is 12.6. The van der Waals surface area contributed by atoms with E-state index in [1.807, 2.05) is 24.3 Å². The van der Waals surface area contributed by atoms with Crippen LogP contribution in [0.1, 0.15) is 65.6 Å². The molecule has 3 aromatic rings. The normalized spacial score (nSPS) is 21.7. The Hall–Kier alpha value is -2.54. The summed E-state index contributed by atoms with van der Waals surface area (Å²) in [5.74, 6) is -0.0984. The number of thiazole rings is 1. The molecule has 2 aliphatic rings. The van der Waals surface area contributed by atoms with Crippen LogP contribution in [0.3, 0.4) is 0 Å². The van der Waals surface area contributed by atoms with Gasteiger partial charge in [0, 0.05) is 12.1 Å². The van der Waals surface area contributed by atoms with E-state index in [9.17, 15) is 9.59 Å². The summed E-state index contributed by atoms with van der Waals surface area (Å²) in [5.41, 5.74) is 3.12.